The van der Waals surface area contributed by atoms with Gasteiger partial charge in [0.25, 0.3) is 6.43 Å². The third-order valence-electron chi connectivity index (χ3n) is 3.60. The number of sulfone groups is 1. The lowest BCUT2D eigenvalue weighted by atomic mass is 10.2. The molecule has 0 aliphatic carbocycles. The number of anilines is 1. The molecule has 12 heteroatoms. The van der Waals surface area contributed by atoms with Gasteiger partial charge in [0, 0.05) is 6.26 Å². The van der Waals surface area contributed by atoms with Gasteiger partial charge in [0.1, 0.15) is 23.3 Å². The minimum Gasteiger partial charge on any atom is -0.475 e. The fourth-order valence-electron chi connectivity index (χ4n) is 2.47. The number of alkyl halides is 2. The van der Waals surface area contributed by atoms with Crippen molar-refractivity contribution in [2.45, 2.75) is 24.5 Å². The lowest BCUT2D eigenvalue weighted by Crippen LogP contribution is -2.40. The van der Waals surface area contributed by atoms with Crippen LogP contribution < -0.4 is 9.64 Å². The lowest BCUT2D eigenvalue weighted by molar-refractivity contribution is 0.149. The number of pyridine rings is 1. The average molecular weight is 397 g/mol. The van der Waals surface area contributed by atoms with E-state index in [0.717, 1.165) is 11.2 Å². The van der Waals surface area contributed by atoms with Crippen molar-refractivity contribution in [3.05, 3.63) is 11.0 Å². The van der Waals surface area contributed by atoms with Crippen LogP contribution in [0.4, 0.5) is 19.0 Å². The zero-order valence-electron chi connectivity index (χ0n) is 13.0. The van der Waals surface area contributed by atoms with Gasteiger partial charge in [-0.05, 0) is 6.92 Å². The number of halogens is 4. The van der Waals surface area contributed by atoms with E-state index in [1.165, 1.54) is 0 Å². The van der Waals surface area contributed by atoms with E-state index in [4.69, 9.17) is 16.3 Å². The van der Waals surface area contributed by atoms with Crippen molar-refractivity contribution in [2.75, 3.05) is 24.3 Å². The van der Waals surface area contributed by atoms with E-state index < -0.39 is 50.5 Å². The van der Waals surface area contributed by atoms with Crippen LogP contribution in [0.5, 0.6) is 5.88 Å². The van der Waals surface area contributed by atoms with E-state index >= 15 is 0 Å². The molecule has 0 aromatic carbocycles. The minimum atomic E-state index is -3.93. The highest BCUT2D eigenvalue weighted by Crippen LogP contribution is 2.38. The SMILES string of the molecule is C[C@H]1COc2nc(Cl)c(F)c3nc(S(C)(=O)=O)nc(c23)N1CC(F)F. The molecule has 2 aromatic heterocycles. The number of ether oxygens (including phenoxy) is 1. The Bertz CT molecular complexity index is 957. The molecule has 0 unspecified atom stereocenters. The van der Waals surface area contributed by atoms with E-state index in [9.17, 15) is 21.6 Å². The molecule has 0 spiro atoms. The van der Waals surface area contributed by atoms with Gasteiger partial charge in [-0.2, -0.15) is 4.98 Å². The highest BCUT2D eigenvalue weighted by molar-refractivity contribution is 7.90. The Morgan fingerprint density at radius 2 is 2.04 bits per heavy atom. The molecule has 0 saturated carbocycles. The number of rotatable bonds is 3. The van der Waals surface area contributed by atoms with Crippen molar-refractivity contribution in [2.24, 2.45) is 0 Å². The van der Waals surface area contributed by atoms with Crippen molar-refractivity contribution in [3.8, 4) is 5.88 Å². The fraction of sp³-hybridized carbons (Fsp3) is 0.462. The van der Waals surface area contributed by atoms with Crippen molar-refractivity contribution in [1.29, 1.82) is 0 Å². The maximum atomic E-state index is 14.4. The monoisotopic (exact) mass is 396 g/mol. The summed E-state index contributed by atoms with van der Waals surface area (Å²) in [4.78, 5) is 12.5. The maximum absolute atomic E-state index is 14.4. The summed E-state index contributed by atoms with van der Waals surface area (Å²) in [5.41, 5.74) is -0.450. The molecule has 0 fully saturated rings. The van der Waals surface area contributed by atoms with Gasteiger partial charge in [-0.3, -0.25) is 0 Å². The van der Waals surface area contributed by atoms with Gasteiger partial charge in [0.05, 0.1) is 12.6 Å². The first kappa shape index (κ1) is 17.9. The van der Waals surface area contributed by atoms with Gasteiger partial charge < -0.3 is 9.64 Å². The van der Waals surface area contributed by atoms with Crippen LogP contribution >= 0.6 is 11.6 Å². The van der Waals surface area contributed by atoms with Gasteiger partial charge in [-0.1, -0.05) is 11.6 Å². The standard InChI is InChI=1S/C13H12ClF3N4O3S/c1-5-4-24-12-7-9(8(17)10(14)19-12)18-13(25(2,22)23)20-11(7)21(5)3-6(15)16/h5-6H,3-4H2,1-2H3/t5-/m0/s1. The van der Waals surface area contributed by atoms with Crippen LogP contribution in [0.25, 0.3) is 10.9 Å². The highest BCUT2D eigenvalue weighted by Gasteiger charge is 2.32. The molecule has 0 radical (unpaired) electrons. The first-order valence-electron chi connectivity index (χ1n) is 7.04. The van der Waals surface area contributed by atoms with Crippen molar-refractivity contribution in [1.82, 2.24) is 15.0 Å². The third-order valence-corrected chi connectivity index (χ3v) is 4.70. The van der Waals surface area contributed by atoms with Crippen LogP contribution in [0.2, 0.25) is 5.15 Å². The molecule has 2 aromatic rings. The summed E-state index contributed by atoms with van der Waals surface area (Å²) in [7, 11) is -3.93. The number of hydrogen-bond acceptors (Lipinski definition) is 7. The molecule has 3 heterocycles. The zero-order chi connectivity index (χ0) is 18.5. The Morgan fingerprint density at radius 1 is 1.36 bits per heavy atom. The average Bonchev–Trinajstić information content (AvgIpc) is 2.63. The molecule has 0 N–H and O–H groups in total. The van der Waals surface area contributed by atoms with Gasteiger partial charge >= 0.3 is 0 Å². The van der Waals surface area contributed by atoms with Gasteiger partial charge in [-0.25, -0.2) is 31.6 Å². The van der Waals surface area contributed by atoms with Gasteiger partial charge in [0.2, 0.25) is 20.9 Å². The molecule has 0 saturated heterocycles. The minimum absolute atomic E-state index is 0.0542. The molecule has 1 atom stereocenters. The highest BCUT2D eigenvalue weighted by atomic mass is 35.5. The zero-order valence-corrected chi connectivity index (χ0v) is 14.6. The van der Waals surface area contributed by atoms with Crippen LogP contribution in [0.15, 0.2) is 5.16 Å². The predicted octanol–water partition coefficient (Wildman–Crippen LogP) is 2.07. The summed E-state index contributed by atoms with van der Waals surface area (Å²) in [6, 6.07) is -0.601. The van der Waals surface area contributed by atoms with E-state index in [0.29, 0.717) is 0 Å². The van der Waals surface area contributed by atoms with Crippen molar-refractivity contribution in [3.63, 3.8) is 0 Å². The molecule has 1 aliphatic heterocycles. The van der Waals surface area contributed by atoms with Crippen LogP contribution in [-0.2, 0) is 9.84 Å². The molecule has 0 bridgehead atoms. The van der Waals surface area contributed by atoms with Crippen molar-refractivity contribution >= 4 is 38.2 Å². The molecule has 3 rings (SSSR count). The Kier molecular flexibility index (Phi) is 4.40. The summed E-state index contributed by atoms with van der Waals surface area (Å²) >= 11 is 5.72. The Hall–Kier alpha value is -1.88. The molecular weight excluding hydrogens is 385 g/mol. The topological polar surface area (TPSA) is 85.3 Å². The Balaban J connectivity index is 2.43. The quantitative estimate of drug-likeness (QED) is 0.580. The Labute approximate surface area is 145 Å². The summed E-state index contributed by atoms with van der Waals surface area (Å²) < 4.78 is 69.5. The smallest absolute Gasteiger partial charge is 0.255 e. The van der Waals surface area contributed by atoms with Gasteiger partial charge in [-0.15, -0.1) is 0 Å². The van der Waals surface area contributed by atoms with E-state index in [2.05, 4.69) is 15.0 Å². The first-order chi connectivity index (χ1) is 11.6. The number of nitrogens with zero attached hydrogens (tertiary/aromatic N) is 4. The van der Waals surface area contributed by atoms with Crippen LogP contribution in [0, 0.1) is 5.82 Å². The number of hydrogen-bond donors (Lipinski definition) is 0. The second-order valence-electron chi connectivity index (χ2n) is 5.55. The van der Waals surface area contributed by atoms with Crippen LogP contribution in [0.1, 0.15) is 6.92 Å². The Morgan fingerprint density at radius 3 is 2.64 bits per heavy atom. The third kappa shape index (κ3) is 3.17. The summed E-state index contributed by atoms with van der Waals surface area (Å²) in [5.74, 6) is -1.40. The van der Waals surface area contributed by atoms with E-state index in [-0.39, 0.29) is 23.7 Å². The van der Waals surface area contributed by atoms with E-state index in [1.54, 1.807) is 6.92 Å². The van der Waals surface area contributed by atoms with Gasteiger partial charge in [0.15, 0.2) is 11.0 Å². The van der Waals surface area contributed by atoms with Crippen molar-refractivity contribution < 1.29 is 26.3 Å². The first-order valence-corrected chi connectivity index (χ1v) is 9.31. The molecule has 136 valence electrons. The van der Waals surface area contributed by atoms with Crippen LogP contribution in [0.3, 0.4) is 0 Å². The van der Waals surface area contributed by atoms with Crippen LogP contribution in [-0.4, -0.2) is 55.2 Å². The molecule has 1 aliphatic rings. The molecule has 25 heavy (non-hydrogen) atoms. The summed E-state index contributed by atoms with van der Waals surface area (Å²) in [6.07, 6.45) is -1.91. The molecule has 7 nitrogen and oxygen atoms in total. The summed E-state index contributed by atoms with van der Waals surface area (Å²) in [6.45, 7) is 0.783. The normalized spacial score (nSPS) is 17.7. The van der Waals surface area contributed by atoms with E-state index in [1.807, 2.05) is 0 Å². The summed E-state index contributed by atoms with van der Waals surface area (Å²) in [5, 5.41) is -1.36. The largest absolute Gasteiger partial charge is 0.475 e. The predicted molar refractivity (Wildman–Crippen MR) is 83.7 cm³/mol. The molecule has 0 amide bonds. The lowest BCUT2D eigenvalue weighted by Gasteiger charge is -2.28. The fourth-order valence-corrected chi connectivity index (χ4v) is 3.14. The molecular formula is C13H12ClF3N4O3S. The second kappa shape index (κ2) is 6.13. The second-order valence-corrected chi connectivity index (χ2v) is 7.82. The number of aromatic nitrogens is 3. The maximum Gasteiger partial charge on any atom is 0.255 e.